The quantitative estimate of drug-likeness (QED) is 0.642. The minimum atomic E-state index is -3.22. The fourth-order valence-corrected chi connectivity index (χ4v) is 4.18. The van der Waals surface area contributed by atoms with E-state index in [0.717, 1.165) is 17.6 Å². The van der Waals surface area contributed by atoms with Crippen molar-refractivity contribution in [2.45, 2.75) is 25.8 Å². The lowest BCUT2D eigenvalue weighted by Gasteiger charge is -2.31. The number of piperidine rings is 1. The van der Waals surface area contributed by atoms with Gasteiger partial charge in [-0.05, 0) is 19.8 Å². The third kappa shape index (κ3) is 5.51. The number of aryl methyl sites for hydroxylation is 1. The molecule has 9 nitrogen and oxygen atoms in total. The predicted molar refractivity (Wildman–Crippen MR) is 89.9 cm³/mol. The zero-order chi connectivity index (χ0) is 17.9. The molecule has 1 saturated heterocycles. The van der Waals surface area contributed by atoms with Crippen LogP contribution in [0.4, 0.5) is 5.13 Å². The van der Waals surface area contributed by atoms with Gasteiger partial charge < -0.3 is 10.4 Å². The summed E-state index contributed by atoms with van der Waals surface area (Å²) < 4.78 is 25.0. The molecule has 1 aliphatic rings. The maximum Gasteiger partial charge on any atom is 0.347 e. The maximum atomic E-state index is 12.0. The van der Waals surface area contributed by atoms with Gasteiger partial charge >= 0.3 is 5.97 Å². The summed E-state index contributed by atoms with van der Waals surface area (Å²) in [6, 6.07) is -0.0981. The molecule has 2 heterocycles. The first kappa shape index (κ1) is 18.8. The standard InChI is InChI=1S/C13H20N4O5S2/c1-8-11(12(19)20)23-13(14-8)15-10(18)7-17-5-3-9(4-6-17)16-24(2,21)22/h9,16H,3-7H2,1-2H3,(H,19,20)(H,14,15,18). The first-order valence-corrected chi connectivity index (χ1v) is 10.0. The highest BCUT2D eigenvalue weighted by Gasteiger charge is 2.23. The van der Waals surface area contributed by atoms with E-state index in [2.05, 4.69) is 15.0 Å². The highest BCUT2D eigenvalue weighted by molar-refractivity contribution is 7.88. The SMILES string of the molecule is Cc1nc(NC(=O)CN2CCC(NS(C)(=O)=O)CC2)sc1C(=O)O. The zero-order valence-corrected chi connectivity index (χ0v) is 15.0. The molecule has 24 heavy (non-hydrogen) atoms. The van der Waals surface area contributed by atoms with Gasteiger partial charge in [-0.2, -0.15) is 0 Å². The molecule has 3 N–H and O–H groups in total. The summed E-state index contributed by atoms with van der Waals surface area (Å²) in [5.41, 5.74) is 0.371. The third-order valence-corrected chi connectivity index (χ3v) is 5.40. The number of hydrogen-bond acceptors (Lipinski definition) is 7. The Bertz CT molecular complexity index is 723. The number of sulfonamides is 1. The molecule has 1 amide bonds. The largest absolute Gasteiger partial charge is 0.477 e. The second-order valence-corrected chi connectivity index (χ2v) is 8.51. The van der Waals surface area contributed by atoms with Gasteiger partial charge in [0.2, 0.25) is 15.9 Å². The minimum Gasteiger partial charge on any atom is -0.477 e. The molecule has 0 bridgehead atoms. The average Bonchev–Trinajstić information content (AvgIpc) is 2.80. The molecule has 0 saturated carbocycles. The highest BCUT2D eigenvalue weighted by atomic mass is 32.2. The van der Waals surface area contributed by atoms with E-state index in [1.54, 1.807) is 6.92 Å². The van der Waals surface area contributed by atoms with Crippen LogP contribution in [0, 0.1) is 6.92 Å². The molecule has 134 valence electrons. The van der Waals surface area contributed by atoms with E-state index in [9.17, 15) is 18.0 Å². The number of carboxylic acids is 1. The molecule has 11 heteroatoms. The Hall–Kier alpha value is -1.56. The van der Waals surface area contributed by atoms with Crippen LogP contribution in [0.5, 0.6) is 0 Å². The number of nitrogens with one attached hydrogen (secondary N) is 2. The first-order valence-electron chi connectivity index (χ1n) is 7.34. The number of nitrogens with zero attached hydrogens (tertiary/aromatic N) is 2. The third-order valence-electron chi connectivity index (χ3n) is 3.57. The Kier molecular flexibility index (Phi) is 5.91. The second kappa shape index (κ2) is 7.55. The number of carbonyl (C=O) groups is 2. The molecule has 0 radical (unpaired) electrons. The Morgan fingerprint density at radius 3 is 2.50 bits per heavy atom. The van der Waals surface area contributed by atoms with E-state index >= 15 is 0 Å². The normalized spacial score (nSPS) is 16.9. The van der Waals surface area contributed by atoms with Crippen molar-refractivity contribution in [2.75, 3.05) is 31.2 Å². The van der Waals surface area contributed by atoms with E-state index in [0.29, 0.717) is 31.6 Å². The van der Waals surface area contributed by atoms with Gasteiger partial charge in [-0.3, -0.25) is 9.69 Å². The molecule has 2 rings (SSSR count). The Morgan fingerprint density at radius 2 is 2.00 bits per heavy atom. The molecular formula is C13H20N4O5S2. The van der Waals surface area contributed by atoms with Crippen molar-refractivity contribution in [3.63, 3.8) is 0 Å². The lowest BCUT2D eigenvalue weighted by molar-refractivity contribution is -0.117. The van der Waals surface area contributed by atoms with Crippen LogP contribution >= 0.6 is 11.3 Å². The van der Waals surface area contributed by atoms with Gasteiger partial charge in [0.1, 0.15) is 4.88 Å². The van der Waals surface area contributed by atoms with E-state index in [4.69, 9.17) is 5.11 Å². The Labute approximate surface area is 144 Å². The van der Waals surface area contributed by atoms with Crippen molar-refractivity contribution >= 4 is 38.4 Å². The molecule has 0 spiro atoms. The van der Waals surface area contributed by atoms with Crippen molar-refractivity contribution in [1.82, 2.24) is 14.6 Å². The summed E-state index contributed by atoms with van der Waals surface area (Å²) in [7, 11) is -3.22. The van der Waals surface area contributed by atoms with Crippen molar-refractivity contribution in [2.24, 2.45) is 0 Å². The minimum absolute atomic E-state index is 0.0981. The van der Waals surface area contributed by atoms with Crippen molar-refractivity contribution in [1.29, 1.82) is 0 Å². The molecule has 1 aromatic heterocycles. The second-order valence-electron chi connectivity index (χ2n) is 5.73. The lowest BCUT2D eigenvalue weighted by Crippen LogP contribution is -2.46. The van der Waals surface area contributed by atoms with Crippen molar-refractivity contribution in [3.8, 4) is 0 Å². The van der Waals surface area contributed by atoms with E-state index < -0.39 is 16.0 Å². The first-order chi connectivity index (χ1) is 11.1. The number of amides is 1. The summed E-state index contributed by atoms with van der Waals surface area (Å²) in [6.07, 6.45) is 2.41. The van der Waals surface area contributed by atoms with Crippen LogP contribution in [0.25, 0.3) is 0 Å². The number of carboxylic acid groups (broad SMARTS) is 1. The Balaban J connectivity index is 1.81. The van der Waals surface area contributed by atoms with Crippen molar-refractivity contribution < 1.29 is 23.1 Å². The molecule has 1 fully saturated rings. The van der Waals surface area contributed by atoms with Gasteiger partial charge in [0, 0.05) is 19.1 Å². The number of carbonyl (C=O) groups excluding carboxylic acids is 1. The smallest absolute Gasteiger partial charge is 0.347 e. The maximum absolute atomic E-state index is 12.0. The molecule has 0 aromatic carbocycles. The molecular weight excluding hydrogens is 356 g/mol. The monoisotopic (exact) mass is 376 g/mol. The molecule has 1 aromatic rings. The molecule has 1 aliphatic heterocycles. The number of aromatic carboxylic acids is 1. The van der Waals surface area contributed by atoms with Crippen LogP contribution in [-0.2, 0) is 14.8 Å². The van der Waals surface area contributed by atoms with E-state index in [-0.39, 0.29) is 28.5 Å². The van der Waals surface area contributed by atoms with Gasteiger partial charge in [-0.1, -0.05) is 11.3 Å². The number of likely N-dealkylation sites (tertiary alicyclic amines) is 1. The molecule has 0 aliphatic carbocycles. The summed E-state index contributed by atoms with van der Waals surface area (Å²) in [4.78, 5) is 29.1. The number of hydrogen-bond donors (Lipinski definition) is 3. The van der Waals surface area contributed by atoms with Gasteiger partial charge in [0.05, 0.1) is 18.5 Å². The summed E-state index contributed by atoms with van der Waals surface area (Å²) in [5, 5.41) is 11.9. The van der Waals surface area contributed by atoms with Crippen LogP contribution < -0.4 is 10.0 Å². The van der Waals surface area contributed by atoms with Gasteiger partial charge in [0.25, 0.3) is 0 Å². The van der Waals surface area contributed by atoms with Crippen LogP contribution in [0.3, 0.4) is 0 Å². The fraction of sp³-hybridized carbons (Fsp3) is 0.615. The van der Waals surface area contributed by atoms with Crippen LogP contribution in [-0.4, -0.2) is 67.2 Å². The van der Waals surface area contributed by atoms with E-state index in [1.165, 1.54) is 0 Å². The molecule has 0 unspecified atom stereocenters. The number of anilines is 1. The predicted octanol–water partition coefficient (Wildman–Crippen LogP) is 0.102. The number of rotatable bonds is 6. The molecule has 0 atom stereocenters. The Morgan fingerprint density at radius 1 is 1.38 bits per heavy atom. The van der Waals surface area contributed by atoms with Crippen LogP contribution in [0.15, 0.2) is 0 Å². The number of thiazole rings is 1. The average molecular weight is 376 g/mol. The summed E-state index contributed by atoms with van der Waals surface area (Å²) in [5.74, 6) is -1.33. The summed E-state index contributed by atoms with van der Waals surface area (Å²) >= 11 is 0.927. The topological polar surface area (TPSA) is 129 Å². The lowest BCUT2D eigenvalue weighted by atomic mass is 10.1. The fourth-order valence-electron chi connectivity index (χ4n) is 2.52. The zero-order valence-electron chi connectivity index (χ0n) is 13.4. The van der Waals surface area contributed by atoms with E-state index in [1.807, 2.05) is 4.90 Å². The van der Waals surface area contributed by atoms with Gasteiger partial charge in [-0.25, -0.2) is 22.9 Å². The van der Waals surface area contributed by atoms with Gasteiger partial charge in [0.15, 0.2) is 5.13 Å². The van der Waals surface area contributed by atoms with Crippen molar-refractivity contribution in [3.05, 3.63) is 10.6 Å². The van der Waals surface area contributed by atoms with Gasteiger partial charge in [-0.15, -0.1) is 0 Å². The summed E-state index contributed by atoms with van der Waals surface area (Å²) in [6.45, 7) is 2.96. The van der Waals surface area contributed by atoms with Crippen LogP contribution in [0.2, 0.25) is 0 Å². The number of aromatic nitrogens is 1. The van der Waals surface area contributed by atoms with Crippen LogP contribution in [0.1, 0.15) is 28.2 Å². The highest BCUT2D eigenvalue weighted by Crippen LogP contribution is 2.22.